The molecular formula is C20H14ClF7N4O3. The van der Waals surface area contributed by atoms with Crippen LogP contribution in [0.2, 0.25) is 5.28 Å². The van der Waals surface area contributed by atoms with Gasteiger partial charge >= 0.3 is 18.5 Å². The van der Waals surface area contributed by atoms with E-state index in [1.165, 1.54) is 12.1 Å². The molecule has 1 unspecified atom stereocenters. The summed E-state index contributed by atoms with van der Waals surface area (Å²) < 4.78 is 101. The third-order valence-corrected chi connectivity index (χ3v) is 4.46. The lowest BCUT2D eigenvalue weighted by molar-refractivity contribution is -0.274. The van der Waals surface area contributed by atoms with Crippen LogP contribution in [0.1, 0.15) is 11.4 Å². The maximum atomic E-state index is 13.8. The zero-order chi connectivity index (χ0) is 25.9. The van der Waals surface area contributed by atoms with Crippen LogP contribution in [0.5, 0.6) is 17.5 Å². The average molecular weight is 527 g/mol. The Morgan fingerprint density at radius 3 is 2.23 bits per heavy atom. The van der Waals surface area contributed by atoms with E-state index in [1.807, 2.05) is 0 Å². The molecule has 0 saturated carbocycles. The first-order valence-electron chi connectivity index (χ1n) is 9.45. The Labute approximate surface area is 197 Å². The number of alkyl halides is 6. The Kier molecular flexibility index (Phi) is 7.67. The normalized spacial score (nSPS) is 13.9. The van der Waals surface area contributed by atoms with Crippen molar-refractivity contribution >= 4 is 11.6 Å². The molecule has 1 atom stereocenters. The number of nitrogens with one attached hydrogen (secondary N) is 1. The van der Waals surface area contributed by atoms with Gasteiger partial charge in [0.15, 0.2) is 5.82 Å². The highest BCUT2D eigenvalue weighted by molar-refractivity contribution is 6.28. The van der Waals surface area contributed by atoms with E-state index in [-0.39, 0.29) is 17.9 Å². The summed E-state index contributed by atoms with van der Waals surface area (Å²) in [5.41, 5.74) is -3.56. The molecule has 2 N–H and O–H groups in total. The summed E-state index contributed by atoms with van der Waals surface area (Å²) in [5.74, 6) is -2.41. The number of aromatic nitrogens is 3. The molecule has 0 aliphatic carbocycles. The highest BCUT2D eigenvalue weighted by Crippen LogP contribution is 2.38. The lowest BCUT2D eigenvalue weighted by Crippen LogP contribution is -2.51. The van der Waals surface area contributed by atoms with Crippen LogP contribution in [0.25, 0.3) is 0 Å². The molecule has 3 rings (SSSR count). The molecule has 0 aliphatic rings. The minimum atomic E-state index is -5.32. The van der Waals surface area contributed by atoms with Crippen LogP contribution in [-0.2, 0) is 12.1 Å². The van der Waals surface area contributed by atoms with Crippen molar-refractivity contribution in [3.05, 3.63) is 71.0 Å². The molecule has 188 valence electrons. The number of halogens is 8. The third-order valence-electron chi connectivity index (χ3n) is 4.29. The van der Waals surface area contributed by atoms with Crippen molar-refractivity contribution in [1.29, 1.82) is 0 Å². The van der Waals surface area contributed by atoms with E-state index >= 15 is 0 Å². The molecule has 0 saturated heterocycles. The van der Waals surface area contributed by atoms with Crippen molar-refractivity contribution in [2.45, 2.75) is 24.7 Å². The predicted molar refractivity (Wildman–Crippen MR) is 106 cm³/mol. The topological polar surface area (TPSA) is 89.4 Å². The SMILES string of the molecule is OC(CNCc1cccc(OC(F)(F)F)c1)(c1nc(Cl)nc(Oc2ccc(F)cc2)n1)C(F)(F)F. The van der Waals surface area contributed by atoms with Crippen molar-refractivity contribution < 1.29 is 45.3 Å². The van der Waals surface area contributed by atoms with Gasteiger partial charge in [0.2, 0.25) is 10.9 Å². The van der Waals surface area contributed by atoms with Crippen molar-refractivity contribution in [1.82, 2.24) is 20.3 Å². The second-order valence-electron chi connectivity index (χ2n) is 6.92. The molecule has 0 aliphatic heterocycles. The first-order valence-corrected chi connectivity index (χ1v) is 9.83. The van der Waals surface area contributed by atoms with Gasteiger partial charge in [-0.25, -0.2) is 4.39 Å². The molecule has 15 heteroatoms. The third kappa shape index (κ3) is 7.13. The monoisotopic (exact) mass is 526 g/mol. The van der Waals surface area contributed by atoms with Crippen LogP contribution < -0.4 is 14.8 Å². The molecule has 35 heavy (non-hydrogen) atoms. The van der Waals surface area contributed by atoms with Crippen LogP contribution in [0.4, 0.5) is 30.7 Å². The summed E-state index contributed by atoms with van der Waals surface area (Å²) in [5, 5.41) is 12.0. The van der Waals surface area contributed by atoms with Gasteiger partial charge in [-0.1, -0.05) is 12.1 Å². The van der Waals surface area contributed by atoms with Crippen molar-refractivity contribution in [3.63, 3.8) is 0 Å². The van der Waals surface area contributed by atoms with Crippen LogP contribution in [-0.4, -0.2) is 39.1 Å². The fourth-order valence-electron chi connectivity index (χ4n) is 2.72. The lowest BCUT2D eigenvalue weighted by Gasteiger charge is -2.29. The van der Waals surface area contributed by atoms with Gasteiger partial charge in [0.1, 0.15) is 17.3 Å². The average Bonchev–Trinajstić information content (AvgIpc) is 2.73. The molecule has 7 nitrogen and oxygen atoms in total. The van der Waals surface area contributed by atoms with Crippen LogP contribution in [0.15, 0.2) is 48.5 Å². The second kappa shape index (κ2) is 10.2. The molecule has 0 radical (unpaired) electrons. The van der Waals surface area contributed by atoms with E-state index in [9.17, 15) is 35.8 Å². The first kappa shape index (κ1) is 26.4. The number of nitrogens with zero attached hydrogens (tertiary/aromatic N) is 3. The quantitative estimate of drug-likeness (QED) is 0.404. The molecular weight excluding hydrogens is 513 g/mol. The fourth-order valence-corrected chi connectivity index (χ4v) is 2.87. The van der Waals surface area contributed by atoms with Crippen molar-refractivity contribution in [2.24, 2.45) is 0 Å². The zero-order valence-corrected chi connectivity index (χ0v) is 17.9. The Morgan fingerprint density at radius 1 is 0.914 bits per heavy atom. The predicted octanol–water partition coefficient (Wildman–Crippen LogP) is 4.89. The zero-order valence-electron chi connectivity index (χ0n) is 17.2. The molecule has 0 fully saturated rings. The lowest BCUT2D eigenvalue weighted by atomic mass is 10.0. The van der Waals surface area contributed by atoms with E-state index in [1.54, 1.807) is 0 Å². The second-order valence-corrected chi connectivity index (χ2v) is 7.26. The van der Waals surface area contributed by atoms with E-state index in [2.05, 4.69) is 25.0 Å². The van der Waals surface area contributed by atoms with Gasteiger partial charge in [-0.3, -0.25) is 0 Å². The Hall–Kier alpha value is -3.23. The summed E-state index contributed by atoms with van der Waals surface area (Å²) in [6.45, 7) is -1.59. The first-order chi connectivity index (χ1) is 16.2. The molecule has 3 aromatic rings. The Bertz CT molecular complexity index is 1160. The molecule has 0 amide bonds. The summed E-state index contributed by atoms with van der Waals surface area (Å²) in [6.07, 6.45) is -10.3. The van der Waals surface area contributed by atoms with Crippen LogP contribution in [0, 0.1) is 5.82 Å². The number of benzene rings is 2. The van der Waals surface area contributed by atoms with Gasteiger partial charge in [-0.15, -0.1) is 13.2 Å². The van der Waals surface area contributed by atoms with E-state index in [0.717, 1.165) is 36.4 Å². The smallest absolute Gasteiger partial charge is 0.424 e. The highest BCUT2D eigenvalue weighted by Gasteiger charge is 2.57. The highest BCUT2D eigenvalue weighted by atomic mass is 35.5. The largest absolute Gasteiger partial charge is 0.573 e. The maximum Gasteiger partial charge on any atom is 0.573 e. The fraction of sp³-hybridized carbons (Fsp3) is 0.250. The van der Waals surface area contributed by atoms with E-state index < -0.39 is 53.4 Å². The number of aliphatic hydroxyl groups is 1. The van der Waals surface area contributed by atoms with Gasteiger partial charge in [-0.05, 0) is 53.6 Å². The standard InChI is InChI=1S/C20H14ClF7N4O3/c21-16-30-15(31-17(32-16)34-13-6-4-12(22)5-7-13)18(33,19(23,24)25)10-29-9-11-2-1-3-14(8-11)35-20(26,27)28/h1-8,29,33H,9-10H2. The summed E-state index contributed by atoms with van der Waals surface area (Å²) >= 11 is 5.69. The minimum absolute atomic E-state index is 0.0331. The van der Waals surface area contributed by atoms with Gasteiger partial charge < -0.3 is 19.9 Å². The summed E-state index contributed by atoms with van der Waals surface area (Å²) in [6, 6.07) is 8.15. The molecule has 1 heterocycles. The van der Waals surface area contributed by atoms with E-state index in [4.69, 9.17) is 16.3 Å². The Balaban J connectivity index is 1.80. The summed E-state index contributed by atoms with van der Waals surface area (Å²) in [7, 11) is 0. The number of hydrogen-bond acceptors (Lipinski definition) is 7. The summed E-state index contributed by atoms with van der Waals surface area (Å²) in [4.78, 5) is 10.4. The van der Waals surface area contributed by atoms with Gasteiger partial charge in [0, 0.05) is 13.1 Å². The molecule has 0 spiro atoms. The van der Waals surface area contributed by atoms with Crippen LogP contribution in [0.3, 0.4) is 0 Å². The van der Waals surface area contributed by atoms with Gasteiger partial charge in [-0.2, -0.15) is 28.1 Å². The van der Waals surface area contributed by atoms with Crippen molar-refractivity contribution in [3.8, 4) is 17.5 Å². The van der Waals surface area contributed by atoms with Gasteiger partial charge in [0.25, 0.3) is 0 Å². The van der Waals surface area contributed by atoms with Crippen molar-refractivity contribution in [2.75, 3.05) is 6.54 Å². The minimum Gasteiger partial charge on any atom is -0.424 e. The molecule has 1 aromatic heterocycles. The maximum absolute atomic E-state index is 13.8. The number of rotatable bonds is 8. The van der Waals surface area contributed by atoms with Crippen LogP contribution >= 0.6 is 11.6 Å². The molecule has 0 bridgehead atoms. The van der Waals surface area contributed by atoms with E-state index in [0.29, 0.717) is 0 Å². The Morgan fingerprint density at radius 2 is 1.60 bits per heavy atom. The number of ether oxygens (including phenoxy) is 2. The molecule has 2 aromatic carbocycles. The van der Waals surface area contributed by atoms with Gasteiger partial charge in [0.05, 0.1) is 0 Å². The number of hydrogen-bond donors (Lipinski definition) is 2.